The van der Waals surface area contributed by atoms with Crippen molar-refractivity contribution in [2.75, 3.05) is 6.54 Å². The summed E-state index contributed by atoms with van der Waals surface area (Å²) in [6.45, 7) is 0.349. The summed E-state index contributed by atoms with van der Waals surface area (Å²) >= 11 is 0. The van der Waals surface area contributed by atoms with Gasteiger partial charge in [-0.2, -0.15) is 0 Å². The molecule has 2 aromatic carbocycles. The molecule has 6 N–H and O–H groups in total. The summed E-state index contributed by atoms with van der Waals surface area (Å²) in [7, 11) is 0. The molecule has 1 heterocycles. The van der Waals surface area contributed by atoms with E-state index in [0.29, 0.717) is 18.5 Å². The van der Waals surface area contributed by atoms with Gasteiger partial charge in [0.15, 0.2) is 12.2 Å². The van der Waals surface area contributed by atoms with Crippen LogP contribution in [-0.2, 0) is 41.6 Å². The molecule has 2 aromatic rings. The Morgan fingerprint density at radius 2 is 1.43 bits per heavy atom. The Bertz CT molecular complexity index is 1190. The standard InChI is InChI=1S/C28H33N3O9/c32-19-13-11-18(12-14-19)16-21(28(38)39)31-27(37)24-23(40-24)26(36)30-20(9-4-10-22(33)34)25(35)29-15-5-8-17-6-2-1-3-7-17/h1-3,6-7,11-14,20-21,23-24,32H,4-5,8-10,15-16H2,(H,29,35)(H,30,36)(H,31,37)(H,33,34)(H,38,39)/t20-,21-,23-,24-/m0/s1. The lowest BCUT2D eigenvalue weighted by molar-refractivity contribution is -0.142. The van der Waals surface area contributed by atoms with Gasteiger partial charge in [-0.05, 0) is 48.9 Å². The summed E-state index contributed by atoms with van der Waals surface area (Å²) in [6.07, 6.45) is -1.06. The van der Waals surface area contributed by atoms with E-state index in [0.717, 1.165) is 12.0 Å². The van der Waals surface area contributed by atoms with Gasteiger partial charge in [-0.1, -0.05) is 42.5 Å². The fourth-order valence-corrected chi connectivity index (χ4v) is 4.08. The zero-order chi connectivity index (χ0) is 29.1. The van der Waals surface area contributed by atoms with Crippen LogP contribution in [0, 0.1) is 0 Å². The van der Waals surface area contributed by atoms with Crippen LogP contribution in [0.25, 0.3) is 0 Å². The van der Waals surface area contributed by atoms with E-state index in [1.165, 1.54) is 24.3 Å². The molecule has 214 valence electrons. The molecule has 3 rings (SSSR count). The second-order valence-corrected chi connectivity index (χ2v) is 9.47. The monoisotopic (exact) mass is 555 g/mol. The number of hydrogen-bond donors (Lipinski definition) is 6. The lowest BCUT2D eigenvalue weighted by Crippen LogP contribution is -2.49. The molecule has 40 heavy (non-hydrogen) atoms. The van der Waals surface area contributed by atoms with Crippen molar-refractivity contribution in [2.45, 2.75) is 62.8 Å². The smallest absolute Gasteiger partial charge is 0.326 e. The molecule has 4 atom stereocenters. The van der Waals surface area contributed by atoms with Gasteiger partial charge in [-0.15, -0.1) is 0 Å². The van der Waals surface area contributed by atoms with Crippen molar-refractivity contribution in [2.24, 2.45) is 0 Å². The highest BCUT2D eigenvalue weighted by atomic mass is 16.6. The number of hydrogen-bond acceptors (Lipinski definition) is 7. The van der Waals surface area contributed by atoms with E-state index < -0.39 is 54.0 Å². The number of carbonyl (C=O) groups is 5. The van der Waals surface area contributed by atoms with E-state index in [-0.39, 0.29) is 31.4 Å². The summed E-state index contributed by atoms with van der Waals surface area (Å²) < 4.78 is 5.18. The Morgan fingerprint density at radius 3 is 2.02 bits per heavy atom. The molecule has 0 spiro atoms. The molecule has 0 saturated carbocycles. The number of carboxylic acids is 2. The lowest BCUT2D eigenvalue weighted by Gasteiger charge is -2.18. The molecule has 0 aromatic heterocycles. The van der Waals surface area contributed by atoms with Crippen molar-refractivity contribution in [1.82, 2.24) is 16.0 Å². The van der Waals surface area contributed by atoms with E-state index in [1.807, 2.05) is 30.3 Å². The van der Waals surface area contributed by atoms with Crippen LogP contribution in [0.5, 0.6) is 5.75 Å². The summed E-state index contributed by atoms with van der Waals surface area (Å²) in [5.41, 5.74) is 1.68. The number of benzene rings is 2. The minimum atomic E-state index is -1.30. The van der Waals surface area contributed by atoms with Crippen LogP contribution in [0.3, 0.4) is 0 Å². The Labute approximate surface area is 230 Å². The number of carboxylic acid groups (broad SMARTS) is 2. The van der Waals surface area contributed by atoms with Gasteiger partial charge >= 0.3 is 11.9 Å². The summed E-state index contributed by atoms with van der Waals surface area (Å²) in [6, 6.07) is 13.2. The van der Waals surface area contributed by atoms with E-state index in [1.54, 1.807) is 0 Å². The number of amides is 3. The maximum atomic E-state index is 12.8. The number of ether oxygens (including phenoxy) is 1. The van der Waals surface area contributed by atoms with Crippen molar-refractivity contribution in [1.29, 1.82) is 0 Å². The van der Waals surface area contributed by atoms with Crippen LogP contribution in [0.15, 0.2) is 54.6 Å². The molecular formula is C28H33N3O9. The second kappa shape index (κ2) is 14.6. The van der Waals surface area contributed by atoms with Crippen LogP contribution >= 0.6 is 0 Å². The van der Waals surface area contributed by atoms with Crippen molar-refractivity contribution in [3.05, 3.63) is 65.7 Å². The van der Waals surface area contributed by atoms with Crippen LogP contribution in [0.1, 0.15) is 36.8 Å². The molecule has 1 aliphatic heterocycles. The van der Waals surface area contributed by atoms with Crippen molar-refractivity contribution in [3.8, 4) is 5.75 Å². The van der Waals surface area contributed by atoms with Crippen molar-refractivity contribution in [3.63, 3.8) is 0 Å². The average Bonchev–Trinajstić information content (AvgIpc) is 3.73. The van der Waals surface area contributed by atoms with Crippen LogP contribution < -0.4 is 16.0 Å². The van der Waals surface area contributed by atoms with Crippen molar-refractivity contribution >= 4 is 29.7 Å². The lowest BCUT2D eigenvalue weighted by atomic mass is 10.1. The van der Waals surface area contributed by atoms with Gasteiger partial charge in [-0.3, -0.25) is 19.2 Å². The fourth-order valence-electron chi connectivity index (χ4n) is 4.08. The Kier molecular flexibility index (Phi) is 11.0. The molecular weight excluding hydrogens is 522 g/mol. The molecule has 0 aliphatic carbocycles. The molecule has 0 radical (unpaired) electrons. The number of epoxide rings is 1. The van der Waals surface area contributed by atoms with Crippen LogP contribution in [0.4, 0.5) is 0 Å². The molecule has 12 heteroatoms. The van der Waals surface area contributed by atoms with E-state index in [2.05, 4.69) is 16.0 Å². The normalized spacial score (nSPS) is 17.2. The summed E-state index contributed by atoms with van der Waals surface area (Å²) in [5.74, 6) is -4.30. The molecule has 3 amide bonds. The van der Waals surface area contributed by atoms with Gasteiger partial charge in [0.25, 0.3) is 11.8 Å². The van der Waals surface area contributed by atoms with E-state index in [4.69, 9.17) is 9.84 Å². The molecule has 1 aliphatic rings. The number of aryl methyl sites for hydroxylation is 1. The van der Waals surface area contributed by atoms with E-state index >= 15 is 0 Å². The SMILES string of the molecule is O=C(O)CCC[C@H](NC(=O)[C@H]1O[C@@H]1C(=O)N[C@@H](Cc1ccc(O)cc1)C(=O)O)C(=O)NCCCc1ccccc1. The number of aromatic hydroxyl groups is 1. The molecule has 0 unspecified atom stereocenters. The summed E-state index contributed by atoms with van der Waals surface area (Å²) in [5, 5.41) is 35.4. The second-order valence-electron chi connectivity index (χ2n) is 9.47. The molecule has 1 saturated heterocycles. The predicted octanol–water partition coefficient (Wildman–Crippen LogP) is 0.760. The zero-order valence-corrected chi connectivity index (χ0v) is 21.7. The average molecular weight is 556 g/mol. The first kappa shape index (κ1) is 30.1. The predicted molar refractivity (Wildman–Crippen MR) is 141 cm³/mol. The third-order valence-corrected chi connectivity index (χ3v) is 6.30. The molecule has 12 nitrogen and oxygen atoms in total. The number of aliphatic carboxylic acids is 2. The van der Waals surface area contributed by atoms with Crippen LogP contribution in [0.2, 0.25) is 0 Å². The highest BCUT2D eigenvalue weighted by Crippen LogP contribution is 2.23. The minimum Gasteiger partial charge on any atom is -0.508 e. The minimum absolute atomic E-state index is 0.0158. The number of nitrogens with one attached hydrogen (secondary N) is 3. The quantitative estimate of drug-likeness (QED) is 0.128. The largest absolute Gasteiger partial charge is 0.508 e. The first-order valence-corrected chi connectivity index (χ1v) is 12.9. The van der Waals surface area contributed by atoms with Gasteiger partial charge in [-0.25, -0.2) is 4.79 Å². The summed E-state index contributed by atoms with van der Waals surface area (Å²) in [4.78, 5) is 60.6. The van der Waals surface area contributed by atoms with Crippen molar-refractivity contribution < 1.29 is 44.0 Å². The van der Waals surface area contributed by atoms with E-state index in [9.17, 15) is 34.2 Å². The highest BCUT2D eigenvalue weighted by molar-refractivity contribution is 5.98. The van der Waals surface area contributed by atoms with Gasteiger partial charge in [0.05, 0.1) is 0 Å². The van der Waals surface area contributed by atoms with Gasteiger partial charge in [0, 0.05) is 19.4 Å². The van der Waals surface area contributed by atoms with Gasteiger partial charge < -0.3 is 36.0 Å². The number of rotatable bonds is 16. The number of phenols is 1. The molecule has 1 fully saturated rings. The maximum Gasteiger partial charge on any atom is 0.326 e. The Morgan fingerprint density at radius 1 is 0.800 bits per heavy atom. The highest BCUT2D eigenvalue weighted by Gasteiger charge is 2.51. The molecule has 0 bridgehead atoms. The Balaban J connectivity index is 1.50. The number of carbonyl (C=O) groups excluding carboxylic acids is 3. The van der Waals surface area contributed by atoms with Gasteiger partial charge in [0.2, 0.25) is 5.91 Å². The van der Waals surface area contributed by atoms with Gasteiger partial charge in [0.1, 0.15) is 17.8 Å². The zero-order valence-electron chi connectivity index (χ0n) is 21.7. The Hall–Kier alpha value is -4.45. The number of phenolic OH excluding ortho intramolecular Hbond substituents is 1. The topological polar surface area (TPSA) is 195 Å². The van der Waals surface area contributed by atoms with Crippen LogP contribution in [-0.4, -0.2) is 75.8 Å². The first-order valence-electron chi connectivity index (χ1n) is 12.9. The maximum absolute atomic E-state index is 12.8. The fraction of sp³-hybridized carbons (Fsp3) is 0.393. The first-order chi connectivity index (χ1) is 19.1. The third-order valence-electron chi connectivity index (χ3n) is 6.30. The third kappa shape index (κ3) is 9.70.